The molecule has 0 aliphatic heterocycles. The molecule has 0 spiro atoms. The van der Waals surface area contributed by atoms with Crippen LogP contribution >= 0.6 is 11.3 Å². The summed E-state index contributed by atoms with van der Waals surface area (Å²) >= 11 is 1.24. The van der Waals surface area contributed by atoms with Crippen LogP contribution in [-0.4, -0.2) is 24.6 Å². The first-order chi connectivity index (χ1) is 8.90. The van der Waals surface area contributed by atoms with Crippen LogP contribution in [0.5, 0.6) is 5.75 Å². The van der Waals surface area contributed by atoms with Crippen molar-refractivity contribution >= 4 is 33.0 Å². The third-order valence-electron chi connectivity index (χ3n) is 2.29. The van der Waals surface area contributed by atoms with E-state index in [1.165, 1.54) is 28.8 Å². The molecule has 0 saturated carbocycles. The van der Waals surface area contributed by atoms with Crippen molar-refractivity contribution in [2.45, 2.75) is 4.90 Å². The average molecular weight is 299 g/mol. The van der Waals surface area contributed by atoms with Gasteiger partial charge in [0.15, 0.2) is 0 Å². The number of aromatic hydroxyl groups is 1. The van der Waals surface area contributed by atoms with Crippen LogP contribution in [0.3, 0.4) is 0 Å². The van der Waals surface area contributed by atoms with E-state index >= 15 is 0 Å². The number of carboxylic acid groups (broad SMARTS) is 1. The third kappa shape index (κ3) is 2.85. The van der Waals surface area contributed by atoms with Crippen LogP contribution in [0.4, 0.5) is 5.69 Å². The van der Waals surface area contributed by atoms with E-state index in [4.69, 9.17) is 5.11 Å². The van der Waals surface area contributed by atoms with Gasteiger partial charge in [-0.15, -0.1) is 0 Å². The zero-order valence-electron chi connectivity index (χ0n) is 9.40. The predicted molar refractivity (Wildman–Crippen MR) is 70.2 cm³/mol. The quantitative estimate of drug-likeness (QED) is 0.800. The Morgan fingerprint density at radius 1 is 1.26 bits per heavy atom. The minimum atomic E-state index is -3.72. The number of benzene rings is 1. The Bertz CT molecular complexity index is 707. The SMILES string of the molecule is O=C(O)c1ccc(NS(=O)(=O)c2ccsc2)cc1O. The monoisotopic (exact) mass is 299 g/mol. The highest BCUT2D eigenvalue weighted by Crippen LogP contribution is 2.24. The fraction of sp³-hybridized carbons (Fsp3) is 0. The summed E-state index contributed by atoms with van der Waals surface area (Å²) in [7, 11) is -3.72. The second kappa shape index (κ2) is 4.90. The lowest BCUT2D eigenvalue weighted by atomic mass is 10.2. The number of phenols is 1. The lowest BCUT2D eigenvalue weighted by Crippen LogP contribution is -2.12. The van der Waals surface area contributed by atoms with E-state index in [1.54, 1.807) is 5.38 Å². The van der Waals surface area contributed by atoms with Crippen molar-refractivity contribution < 1.29 is 23.4 Å². The second-order valence-corrected chi connectivity index (χ2v) is 6.06. The number of nitrogens with one attached hydrogen (secondary N) is 1. The average Bonchev–Trinajstić information content (AvgIpc) is 2.81. The number of aromatic carboxylic acids is 1. The van der Waals surface area contributed by atoms with Crippen LogP contribution in [0.15, 0.2) is 39.9 Å². The molecule has 1 aromatic heterocycles. The number of carbonyl (C=O) groups is 1. The number of hydrogen-bond acceptors (Lipinski definition) is 5. The Labute approximate surface area is 113 Å². The van der Waals surface area contributed by atoms with Gasteiger partial charge in [-0.25, -0.2) is 13.2 Å². The highest BCUT2D eigenvalue weighted by Gasteiger charge is 2.16. The molecule has 0 radical (unpaired) electrons. The first-order valence-corrected chi connectivity index (χ1v) is 7.44. The molecule has 0 fully saturated rings. The molecule has 0 unspecified atom stereocenters. The normalized spacial score (nSPS) is 11.2. The molecule has 100 valence electrons. The molecule has 1 heterocycles. The maximum absolute atomic E-state index is 11.9. The summed E-state index contributed by atoms with van der Waals surface area (Å²) in [5.74, 6) is -1.79. The Kier molecular flexibility index (Phi) is 3.45. The summed E-state index contributed by atoms with van der Waals surface area (Å²) in [6.45, 7) is 0. The van der Waals surface area contributed by atoms with Crippen molar-refractivity contribution in [2.24, 2.45) is 0 Å². The third-order valence-corrected chi connectivity index (χ3v) is 4.50. The van der Waals surface area contributed by atoms with Gasteiger partial charge in [-0.3, -0.25) is 4.72 Å². The number of rotatable bonds is 4. The van der Waals surface area contributed by atoms with Crippen LogP contribution in [0.25, 0.3) is 0 Å². The fourth-order valence-electron chi connectivity index (χ4n) is 1.39. The van der Waals surface area contributed by atoms with Gasteiger partial charge in [-0.2, -0.15) is 11.3 Å². The molecular weight excluding hydrogens is 290 g/mol. The summed E-state index contributed by atoms with van der Waals surface area (Å²) in [6, 6.07) is 4.89. The van der Waals surface area contributed by atoms with Crippen molar-refractivity contribution in [1.29, 1.82) is 0 Å². The number of thiophene rings is 1. The Morgan fingerprint density at radius 2 is 2.00 bits per heavy atom. The topological polar surface area (TPSA) is 104 Å². The van der Waals surface area contributed by atoms with Crippen LogP contribution in [0.2, 0.25) is 0 Å². The Balaban J connectivity index is 2.30. The molecule has 2 rings (SSSR count). The standard InChI is InChI=1S/C11H9NO5S2/c13-10-5-7(1-2-9(10)11(14)15)12-19(16,17)8-3-4-18-6-8/h1-6,12-13H,(H,14,15). The zero-order valence-corrected chi connectivity index (χ0v) is 11.0. The minimum absolute atomic E-state index is 0.0914. The van der Waals surface area contributed by atoms with Crippen molar-refractivity contribution in [1.82, 2.24) is 0 Å². The summed E-state index contributed by atoms with van der Waals surface area (Å²) in [6.07, 6.45) is 0. The van der Waals surface area contributed by atoms with Crippen LogP contribution in [0.1, 0.15) is 10.4 Å². The number of anilines is 1. The van der Waals surface area contributed by atoms with E-state index in [0.29, 0.717) is 0 Å². The van der Waals surface area contributed by atoms with Gasteiger partial charge in [-0.05, 0) is 23.6 Å². The van der Waals surface area contributed by atoms with E-state index in [9.17, 15) is 18.3 Å². The first-order valence-electron chi connectivity index (χ1n) is 5.01. The second-order valence-electron chi connectivity index (χ2n) is 3.60. The van der Waals surface area contributed by atoms with E-state index < -0.39 is 21.7 Å². The van der Waals surface area contributed by atoms with E-state index in [1.807, 2.05) is 0 Å². The predicted octanol–water partition coefficient (Wildman–Crippen LogP) is 1.95. The molecule has 8 heteroatoms. The van der Waals surface area contributed by atoms with E-state index in [0.717, 1.165) is 12.1 Å². The lowest BCUT2D eigenvalue weighted by Gasteiger charge is -2.07. The molecule has 19 heavy (non-hydrogen) atoms. The van der Waals surface area contributed by atoms with Crippen molar-refractivity contribution in [3.8, 4) is 5.75 Å². The zero-order chi connectivity index (χ0) is 14.0. The Hall–Kier alpha value is -2.06. The summed E-state index contributed by atoms with van der Waals surface area (Å²) in [4.78, 5) is 10.8. The van der Waals surface area contributed by atoms with Gasteiger partial charge in [0, 0.05) is 11.4 Å². The molecule has 0 amide bonds. The first kappa shape index (κ1) is 13.4. The molecule has 0 aliphatic carbocycles. The smallest absolute Gasteiger partial charge is 0.339 e. The molecule has 0 aliphatic rings. The number of hydrogen-bond donors (Lipinski definition) is 3. The molecule has 0 atom stereocenters. The number of carboxylic acids is 1. The van der Waals surface area contributed by atoms with Gasteiger partial charge in [-0.1, -0.05) is 0 Å². The van der Waals surface area contributed by atoms with Gasteiger partial charge < -0.3 is 10.2 Å². The van der Waals surface area contributed by atoms with Gasteiger partial charge in [0.2, 0.25) is 0 Å². The maximum atomic E-state index is 11.9. The molecule has 1 aromatic carbocycles. The van der Waals surface area contributed by atoms with Crippen LogP contribution < -0.4 is 4.72 Å². The number of sulfonamides is 1. The van der Waals surface area contributed by atoms with Gasteiger partial charge in [0.05, 0.1) is 10.6 Å². The molecular formula is C11H9NO5S2. The summed E-state index contributed by atoms with van der Waals surface area (Å²) < 4.78 is 26.0. The molecule has 6 nitrogen and oxygen atoms in total. The van der Waals surface area contributed by atoms with Gasteiger partial charge in [0.1, 0.15) is 11.3 Å². The van der Waals surface area contributed by atoms with Gasteiger partial charge >= 0.3 is 5.97 Å². The largest absolute Gasteiger partial charge is 0.507 e. The van der Waals surface area contributed by atoms with Crippen molar-refractivity contribution in [3.63, 3.8) is 0 Å². The molecule has 2 aromatic rings. The van der Waals surface area contributed by atoms with Crippen LogP contribution in [0, 0.1) is 0 Å². The van der Waals surface area contributed by atoms with Gasteiger partial charge in [0.25, 0.3) is 10.0 Å². The summed E-state index contributed by atoms with van der Waals surface area (Å²) in [5, 5.41) is 21.3. The minimum Gasteiger partial charge on any atom is -0.507 e. The highest BCUT2D eigenvalue weighted by molar-refractivity contribution is 7.92. The van der Waals surface area contributed by atoms with Crippen molar-refractivity contribution in [2.75, 3.05) is 4.72 Å². The molecule has 0 saturated heterocycles. The van der Waals surface area contributed by atoms with E-state index in [-0.39, 0.29) is 16.1 Å². The van der Waals surface area contributed by atoms with Crippen LogP contribution in [-0.2, 0) is 10.0 Å². The summed E-state index contributed by atoms with van der Waals surface area (Å²) in [5.41, 5.74) is -0.202. The maximum Gasteiger partial charge on any atom is 0.339 e. The lowest BCUT2D eigenvalue weighted by molar-refractivity contribution is 0.0694. The Morgan fingerprint density at radius 3 is 2.53 bits per heavy atom. The molecule has 0 bridgehead atoms. The highest BCUT2D eigenvalue weighted by atomic mass is 32.2. The molecule has 3 N–H and O–H groups in total. The van der Waals surface area contributed by atoms with E-state index in [2.05, 4.69) is 4.72 Å². The van der Waals surface area contributed by atoms with Crippen molar-refractivity contribution in [3.05, 3.63) is 40.6 Å². The fourth-order valence-corrected chi connectivity index (χ4v) is 3.47.